The van der Waals surface area contributed by atoms with Crippen molar-refractivity contribution < 1.29 is 14.6 Å². The average molecular weight is 309 g/mol. The molecule has 0 radical (unpaired) electrons. The summed E-state index contributed by atoms with van der Waals surface area (Å²) in [4.78, 5) is 10.9. The van der Waals surface area contributed by atoms with E-state index in [0.717, 1.165) is 54.7 Å². The quantitative estimate of drug-likeness (QED) is 0.883. The summed E-state index contributed by atoms with van der Waals surface area (Å²) in [6.45, 7) is 0.769. The molecule has 2 N–H and O–H groups in total. The smallest absolute Gasteiger partial charge is 0.405 e. The van der Waals surface area contributed by atoms with E-state index in [4.69, 9.17) is 9.84 Å². The molecule has 4 nitrogen and oxygen atoms in total. The molecule has 1 aliphatic heterocycles. The summed E-state index contributed by atoms with van der Waals surface area (Å²) in [5.74, 6) is 0.991. The third-order valence-electron chi connectivity index (χ3n) is 4.78. The Morgan fingerprint density at radius 1 is 1.09 bits per heavy atom. The van der Waals surface area contributed by atoms with Gasteiger partial charge in [0.1, 0.15) is 5.75 Å². The minimum atomic E-state index is -0.956. The summed E-state index contributed by atoms with van der Waals surface area (Å²) < 4.78 is 5.66. The van der Waals surface area contributed by atoms with Gasteiger partial charge in [0.2, 0.25) is 0 Å². The molecule has 2 aromatic carbocycles. The number of hydrogen-bond donors (Lipinski definition) is 2. The number of aryl methyl sites for hydroxylation is 1. The highest BCUT2D eigenvalue weighted by Gasteiger charge is 2.22. The molecule has 0 saturated carbocycles. The van der Waals surface area contributed by atoms with E-state index in [1.165, 1.54) is 11.1 Å². The molecule has 1 atom stereocenters. The predicted molar refractivity (Wildman–Crippen MR) is 87.9 cm³/mol. The van der Waals surface area contributed by atoms with Crippen molar-refractivity contribution in [3.05, 3.63) is 53.1 Å². The number of hydrogen-bond acceptors (Lipinski definition) is 2. The van der Waals surface area contributed by atoms with Gasteiger partial charge in [0.15, 0.2) is 0 Å². The maximum absolute atomic E-state index is 10.9. The van der Waals surface area contributed by atoms with Crippen LogP contribution < -0.4 is 10.1 Å². The first-order valence-electron chi connectivity index (χ1n) is 8.09. The number of amides is 1. The Morgan fingerprint density at radius 2 is 1.91 bits per heavy atom. The topological polar surface area (TPSA) is 58.6 Å². The Balaban J connectivity index is 1.68. The fourth-order valence-corrected chi connectivity index (χ4v) is 3.64. The summed E-state index contributed by atoms with van der Waals surface area (Å²) in [7, 11) is 0. The maximum atomic E-state index is 10.9. The van der Waals surface area contributed by atoms with Crippen molar-refractivity contribution in [2.24, 2.45) is 0 Å². The zero-order chi connectivity index (χ0) is 15.8. The number of carbonyl (C=O) groups is 1. The molecule has 0 spiro atoms. The van der Waals surface area contributed by atoms with Gasteiger partial charge in [-0.1, -0.05) is 30.3 Å². The van der Waals surface area contributed by atoms with Gasteiger partial charge < -0.3 is 15.2 Å². The van der Waals surface area contributed by atoms with Crippen LogP contribution in [0.1, 0.15) is 35.6 Å². The normalized spacial score (nSPS) is 18.7. The van der Waals surface area contributed by atoms with Gasteiger partial charge in [-0.3, -0.25) is 0 Å². The highest BCUT2D eigenvalue weighted by Crippen LogP contribution is 2.35. The molecule has 2 aromatic rings. The van der Waals surface area contributed by atoms with Crippen molar-refractivity contribution in [2.75, 3.05) is 6.61 Å². The Hall–Kier alpha value is -2.49. The number of rotatable bonds is 2. The van der Waals surface area contributed by atoms with E-state index < -0.39 is 6.09 Å². The first-order valence-corrected chi connectivity index (χ1v) is 8.09. The van der Waals surface area contributed by atoms with Crippen molar-refractivity contribution >= 4 is 6.09 Å². The van der Waals surface area contributed by atoms with Gasteiger partial charge in [0.25, 0.3) is 0 Å². The summed E-state index contributed by atoms with van der Waals surface area (Å²) in [6.07, 6.45) is 2.91. The molecule has 2 aliphatic rings. The Bertz CT molecular complexity index is 769. The third kappa shape index (κ3) is 2.65. The molecule has 0 fully saturated rings. The van der Waals surface area contributed by atoms with Gasteiger partial charge in [-0.25, -0.2) is 4.79 Å². The monoisotopic (exact) mass is 309 g/mol. The summed E-state index contributed by atoms with van der Waals surface area (Å²) in [5.41, 5.74) is 5.95. The van der Waals surface area contributed by atoms with Crippen LogP contribution in [0.4, 0.5) is 4.79 Å². The number of nitrogens with one attached hydrogen (secondary N) is 1. The Labute approximate surface area is 135 Å². The molecule has 23 heavy (non-hydrogen) atoms. The third-order valence-corrected chi connectivity index (χ3v) is 4.78. The van der Waals surface area contributed by atoms with Crippen LogP contribution in [0.2, 0.25) is 0 Å². The lowest BCUT2D eigenvalue weighted by Gasteiger charge is -2.26. The molecule has 4 rings (SSSR count). The van der Waals surface area contributed by atoms with Crippen LogP contribution in [0, 0.1) is 0 Å². The van der Waals surface area contributed by atoms with Crippen molar-refractivity contribution in [1.82, 2.24) is 5.32 Å². The maximum Gasteiger partial charge on any atom is 0.405 e. The molecule has 1 amide bonds. The standard InChI is InChI=1S/C19H19NO3/c21-19(22)20-17-3-1-2-15-10-13(6-7-16(15)17)14-5-4-12-8-9-23-18(12)11-14/h4-7,10-11,17,20H,1-3,8-9H2,(H,21,22). The molecule has 1 aliphatic carbocycles. The summed E-state index contributed by atoms with van der Waals surface area (Å²) in [5, 5.41) is 11.6. The lowest BCUT2D eigenvalue weighted by molar-refractivity contribution is 0.188. The second-order valence-electron chi connectivity index (χ2n) is 6.23. The number of carboxylic acid groups (broad SMARTS) is 1. The zero-order valence-corrected chi connectivity index (χ0v) is 12.8. The van der Waals surface area contributed by atoms with E-state index in [1.807, 2.05) is 0 Å². The van der Waals surface area contributed by atoms with E-state index in [9.17, 15) is 4.79 Å². The van der Waals surface area contributed by atoms with E-state index in [2.05, 4.69) is 41.7 Å². The first-order chi connectivity index (χ1) is 11.2. The van der Waals surface area contributed by atoms with Crippen LogP contribution in [-0.4, -0.2) is 17.8 Å². The Kier molecular flexibility index (Phi) is 3.45. The molecular formula is C19H19NO3. The lowest BCUT2D eigenvalue weighted by Crippen LogP contribution is -2.29. The molecule has 0 bridgehead atoms. The number of ether oxygens (including phenoxy) is 1. The van der Waals surface area contributed by atoms with Crippen LogP contribution in [-0.2, 0) is 12.8 Å². The highest BCUT2D eigenvalue weighted by atomic mass is 16.5. The molecule has 4 heteroatoms. The van der Waals surface area contributed by atoms with Crippen LogP contribution in [0.3, 0.4) is 0 Å². The van der Waals surface area contributed by atoms with Crippen molar-refractivity contribution in [3.63, 3.8) is 0 Å². The first kappa shape index (κ1) is 14.1. The van der Waals surface area contributed by atoms with E-state index >= 15 is 0 Å². The molecule has 118 valence electrons. The minimum Gasteiger partial charge on any atom is -0.493 e. The lowest BCUT2D eigenvalue weighted by atomic mass is 9.85. The fourth-order valence-electron chi connectivity index (χ4n) is 3.64. The van der Waals surface area contributed by atoms with Gasteiger partial charge in [-0.15, -0.1) is 0 Å². The molecular weight excluding hydrogens is 290 g/mol. The SMILES string of the molecule is O=C(O)NC1CCCc2cc(-c3ccc4c(c3)OCC4)ccc21. The van der Waals surface area contributed by atoms with Gasteiger partial charge in [-0.05, 0) is 53.1 Å². The molecule has 0 saturated heterocycles. The molecule has 1 heterocycles. The molecule has 1 unspecified atom stereocenters. The van der Waals surface area contributed by atoms with Crippen molar-refractivity contribution in [3.8, 4) is 16.9 Å². The van der Waals surface area contributed by atoms with Crippen molar-refractivity contribution in [2.45, 2.75) is 31.7 Å². The Morgan fingerprint density at radius 3 is 2.78 bits per heavy atom. The van der Waals surface area contributed by atoms with E-state index in [-0.39, 0.29) is 6.04 Å². The van der Waals surface area contributed by atoms with Crippen LogP contribution in [0.25, 0.3) is 11.1 Å². The van der Waals surface area contributed by atoms with Crippen molar-refractivity contribution in [1.29, 1.82) is 0 Å². The number of fused-ring (bicyclic) bond motifs is 2. The fraction of sp³-hybridized carbons (Fsp3) is 0.316. The second-order valence-corrected chi connectivity index (χ2v) is 6.23. The van der Waals surface area contributed by atoms with E-state index in [0.29, 0.717) is 0 Å². The van der Waals surface area contributed by atoms with E-state index in [1.54, 1.807) is 0 Å². The largest absolute Gasteiger partial charge is 0.493 e. The van der Waals surface area contributed by atoms with Crippen LogP contribution in [0.5, 0.6) is 5.75 Å². The van der Waals surface area contributed by atoms with Gasteiger partial charge in [-0.2, -0.15) is 0 Å². The summed E-state index contributed by atoms with van der Waals surface area (Å²) >= 11 is 0. The zero-order valence-electron chi connectivity index (χ0n) is 12.8. The number of benzene rings is 2. The van der Waals surface area contributed by atoms with Gasteiger partial charge >= 0.3 is 6.09 Å². The second kappa shape index (κ2) is 5.61. The van der Waals surface area contributed by atoms with Gasteiger partial charge in [0, 0.05) is 6.42 Å². The predicted octanol–water partition coefficient (Wildman–Crippen LogP) is 3.93. The minimum absolute atomic E-state index is 0.0892. The highest BCUT2D eigenvalue weighted by molar-refractivity contribution is 5.69. The molecule has 0 aromatic heterocycles. The summed E-state index contributed by atoms with van der Waals surface area (Å²) in [6, 6.07) is 12.7. The van der Waals surface area contributed by atoms with Crippen LogP contribution in [0.15, 0.2) is 36.4 Å². The van der Waals surface area contributed by atoms with Crippen LogP contribution >= 0.6 is 0 Å². The van der Waals surface area contributed by atoms with Gasteiger partial charge in [0.05, 0.1) is 12.6 Å². The average Bonchev–Trinajstić information content (AvgIpc) is 3.01.